The summed E-state index contributed by atoms with van der Waals surface area (Å²) in [6.07, 6.45) is 3.34. The monoisotopic (exact) mass is 283 g/mol. The van der Waals surface area contributed by atoms with E-state index < -0.39 is 23.6 Å². The van der Waals surface area contributed by atoms with Crippen LogP contribution in [0, 0.1) is 5.92 Å². The van der Waals surface area contributed by atoms with E-state index in [1.807, 2.05) is 0 Å². The van der Waals surface area contributed by atoms with E-state index in [0.717, 1.165) is 12.8 Å². The molecule has 2 heterocycles. The number of hydrogen-bond donors (Lipinski definition) is 3. The zero-order valence-electron chi connectivity index (χ0n) is 9.96. The highest BCUT2D eigenvalue weighted by Crippen LogP contribution is 2.45. The van der Waals surface area contributed by atoms with E-state index >= 15 is 0 Å². The molecule has 1 aliphatic heterocycles. The minimum absolute atomic E-state index is 0.0907. The second-order valence-corrected chi connectivity index (χ2v) is 5.93. The molecule has 8 heteroatoms. The van der Waals surface area contributed by atoms with Crippen molar-refractivity contribution < 1.29 is 14.7 Å². The predicted octanol–water partition coefficient (Wildman–Crippen LogP) is 0.0813. The Morgan fingerprint density at radius 2 is 2.16 bits per heavy atom. The number of carboxylic acids is 1. The summed E-state index contributed by atoms with van der Waals surface area (Å²) in [4.78, 5) is 40.8. The zero-order valence-corrected chi connectivity index (χ0v) is 10.8. The summed E-state index contributed by atoms with van der Waals surface area (Å²) in [5.41, 5.74) is -0.352. The quantitative estimate of drug-likeness (QED) is 0.728. The highest BCUT2D eigenvalue weighted by atomic mass is 32.2. The summed E-state index contributed by atoms with van der Waals surface area (Å²) < 4.78 is 0. The number of nitrogens with one attached hydrogen (secondary N) is 2. The molecule has 19 heavy (non-hydrogen) atoms. The Morgan fingerprint density at radius 1 is 1.42 bits per heavy atom. The number of carbonyl (C=O) groups excluding carboxylic acids is 1. The van der Waals surface area contributed by atoms with Gasteiger partial charge in [-0.05, 0) is 18.8 Å². The van der Waals surface area contributed by atoms with Gasteiger partial charge in [0.25, 0.3) is 5.91 Å². The highest BCUT2D eigenvalue weighted by molar-refractivity contribution is 8.00. The highest BCUT2D eigenvalue weighted by Gasteiger charge is 2.48. The molecule has 3 N–H and O–H groups in total. The van der Waals surface area contributed by atoms with Gasteiger partial charge in [-0.15, -0.1) is 11.8 Å². The van der Waals surface area contributed by atoms with Gasteiger partial charge in [0, 0.05) is 11.9 Å². The molecule has 0 spiro atoms. The van der Waals surface area contributed by atoms with Gasteiger partial charge in [0.2, 0.25) is 0 Å². The van der Waals surface area contributed by atoms with Crippen molar-refractivity contribution in [2.24, 2.45) is 5.92 Å². The van der Waals surface area contributed by atoms with Crippen molar-refractivity contribution in [3.8, 4) is 0 Å². The van der Waals surface area contributed by atoms with Crippen LogP contribution in [-0.2, 0) is 4.79 Å². The number of hydrogen-bond acceptors (Lipinski definition) is 4. The van der Waals surface area contributed by atoms with Gasteiger partial charge in [0.1, 0.15) is 11.7 Å². The first-order valence-electron chi connectivity index (χ1n) is 6.02. The molecular weight excluding hydrogens is 270 g/mol. The number of aliphatic carboxylic acids is 1. The largest absolute Gasteiger partial charge is 0.480 e. The second-order valence-electron chi connectivity index (χ2n) is 4.78. The van der Waals surface area contributed by atoms with Gasteiger partial charge in [-0.3, -0.25) is 4.79 Å². The number of carbonyl (C=O) groups is 2. The fraction of sp³-hybridized carbons (Fsp3) is 0.545. The van der Waals surface area contributed by atoms with Gasteiger partial charge < -0.3 is 20.0 Å². The van der Waals surface area contributed by atoms with Crippen molar-refractivity contribution in [2.75, 3.05) is 5.75 Å². The van der Waals surface area contributed by atoms with Gasteiger partial charge in [-0.2, -0.15) is 0 Å². The number of aromatic amines is 2. The summed E-state index contributed by atoms with van der Waals surface area (Å²) in [5, 5.41) is 9.13. The molecule has 1 aromatic heterocycles. The molecule has 0 radical (unpaired) electrons. The molecule has 2 unspecified atom stereocenters. The van der Waals surface area contributed by atoms with Gasteiger partial charge in [-0.1, -0.05) is 0 Å². The lowest BCUT2D eigenvalue weighted by Crippen LogP contribution is -2.46. The van der Waals surface area contributed by atoms with E-state index in [1.165, 1.54) is 22.9 Å². The van der Waals surface area contributed by atoms with Crippen LogP contribution in [0.15, 0.2) is 11.0 Å². The Labute approximate surface area is 112 Å². The maximum absolute atomic E-state index is 12.4. The second kappa shape index (κ2) is 4.44. The number of carboxylic acid groups (broad SMARTS) is 1. The zero-order chi connectivity index (χ0) is 13.6. The Bertz CT molecular complexity index is 576. The smallest absolute Gasteiger partial charge is 0.327 e. The minimum Gasteiger partial charge on any atom is -0.480 e. The number of thioether (sulfide) groups is 1. The van der Waals surface area contributed by atoms with Crippen molar-refractivity contribution in [3.05, 3.63) is 22.4 Å². The lowest BCUT2D eigenvalue weighted by molar-refractivity contribution is -0.141. The lowest BCUT2D eigenvalue weighted by atomic mass is 10.2. The van der Waals surface area contributed by atoms with Gasteiger partial charge in [0.15, 0.2) is 0 Å². The summed E-state index contributed by atoms with van der Waals surface area (Å²) in [5.74, 6) is -0.643. The molecule has 3 rings (SSSR count). The van der Waals surface area contributed by atoms with Crippen molar-refractivity contribution in [3.63, 3.8) is 0 Å². The molecule has 2 aliphatic rings. The van der Waals surface area contributed by atoms with Gasteiger partial charge in [0.05, 0.1) is 5.37 Å². The average Bonchev–Trinajstić information content (AvgIpc) is 2.96. The minimum atomic E-state index is -0.998. The first-order valence-corrected chi connectivity index (χ1v) is 7.07. The summed E-state index contributed by atoms with van der Waals surface area (Å²) in [6.45, 7) is 0. The Balaban J connectivity index is 1.90. The maximum Gasteiger partial charge on any atom is 0.327 e. The average molecular weight is 283 g/mol. The number of aromatic nitrogens is 2. The number of rotatable bonds is 3. The number of imidazole rings is 1. The van der Waals surface area contributed by atoms with Crippen LogP contribution >= 0.6 is 11.8 Å². The molecule has 0 aromatic carbocycles. The fourth-order valence-electron chi connectivity index (χ4n) is 2.31. The van der Waals surface area contributed by atoms with Crippen LogP contribution in [0.4, 0.5) is 0 Å². The van der Waals surface area contributed by atoms with Crippen molar-refractivity contribution in [1.82, 2.24) is 14.9 Å². The topological polar surface area (TPSA) is 106 Å². The molecular formula is C11H13N3O4S. The number of nitrogens with zero attached hydrogens (tertiary/aromatic N) is 1. The van der Waals surface area contributed by atoms with Crippen LogP contribution in [0.1, 0.15) is 23.3 Å². The molecule has 7 nitrogen and oxygen atoms in total. The number of amides is 1. The molecule has 1 saturated heterocycles. The predicted molar refractivity (Wildman–Crippen MR) is 68.0 cm³/mol. The first kappa shape index (κ1) is 12.3. The molecule has 102 valence electrons. The maximum atomic E-state index is 12.4. The van der Waals surface area contributed by atoms with E-state index in [4.69, 9.17) is 0 Å². The summed E-state index contributed by atoms with van der Waals surface area (Å²) in [7, 11) is 0. The molecule has 2 fully saturated rings. The van der Waals surface area contributed by atoms with E-state index in [-0.39, 0.29) is 11.1 Å². The third kappa shape index (κ3) is 2.16. The molecule has 0 bridgehead atoms. The number of H-pyrrole nitrogens is 2. The molecule has 1 amide bonds. The van der Waals surface area contributed by atoms with Crippen molar-refractivity contribution in [1.29, 1.82) is 0 Å². The Hall–Kier alpha value is -1.70. The van der Waals surface area contributed by atoms with E-state index in [2.05, 4.69) is 9.97 Å². The molecule has 1 aromatic rings. The first-order chi connectivity index (χ1) is 9.08. The van der Waals surface area contributed by atoms with E-state index in [9.17, 15) is 19.5 Å². The third-order valence-corrected chi connectivity index (χ3v) is 4.87. The molecule has 1 aliphatic carbocycles. The van der Waals surface area contributed by atoms with E-state index in [1.54, 1.807) is 0 Å². The lowest BCUT2D eigenvalue weighted by Gasteiger charge is -2.26. The SMILES string of the molecule is O=C(O)C1CSC(C2CC2)N1C(=O)c1c[nH]c(=O)[nH]1. The standard InChI is InChI=1S/C11H13N3O4S/c15-8(6-3-12-11(18)13-6)14-7(10(16)17)4-19-9(14)5-1-2-5/h3,5,7,9H,1-2,4H2,(H,16,17)(H2,12,13,18). The van der Waals surface area contributed by atoms with Crippen LogP contribution in [0.5, 0.6) is 0 Å². The van der Waals surface area contributed by atoms with Gasteiger partial charge >= 0.3 is 11.7 Å². The van der Waals surface area contributed by atoms with Crippen molar-refractivity contribution >= 4 is 23.6 Å². The summed E-state index contributed by atoms with van der Waals surface area (Å²) in [6, 6.07) is -0.818. The molecule has 1 saturated carbocycles. The fourth-order valence-corrected chi connectivity index (χ4v) is 3.94. The van der Waals surface area contributed by atoms with Crippen LogP contribution in [0.3, 0.4) is 0 Å². The van der Waals surface area contributed by atoms with Crippen molar-refractivity contribution in [2.45, 2.75) is 24.3 Å². The van der Waals surface area contributed by atoms with Crippen LogP contribution < -0.4 is 5.69 Å². The third-order valence-electron chi connectivity index (χ3n) is 3.41. The Kier molecular flexibility index (Phi) is 2.89. The van der Waals surface area contributed by atoms with Crippen LogP contribution in [-0.4, -0.2) is 49.0 Å². The summed E-state index contributed by atoms with van der Waals surface area (Å²) >= 11 is 1.51. The molecule has 2 atom stereocenters. The van der Waals surface area contributed by atoms with Crippen LogP contribution in [0.25, 0.3) is 0 Å². The van der Waals surface area contributed by atoms with Gasteiger partial charge in [-0.25, -0.2) is 9.59 Å². The van der Waals surface area contributed by atoms with E-state index in [0.29, 0.717) is 11.7 Å². The van der Waals surface area contributed by atoms with Crippen LogP contribution in [0.2, 0.25) is 0 Å². The normalized spacial score (nSPS) is 26.6. The Morgan fingerprint density at radius 3 is 2.68 bits per heavy atom.